The van der Waals surface area contributed by atoms with E-state index >= 15 is 0 Å². The summed E-state index contributed by atoms with van der Waals surface area (Å²) < 4.78 is 11.4. The van der Waals surface area contributed by atoms with E-state index in [1.54, 1.807) is 18.1 Å². The summed E-state index contributed by atoms with van der Waals surface area (Å²) >= 11 is 0. The standard InChI is InChI=1S/C22H27N5O3/c1-3-11-23-22(28)27-14-10-19-18(15-27)20(25-21(24-19)26-12-4-5-13-26)30-17-8-6-16(29-2)7-9-17/h3,6-9H,1,4-5,10-15H2,2H3,(H,23,28). The van der Waals surface area contributed by atoms with Crippen LogP contribution in [0, 0.1) is 0 Å². The third kappa shape index (κ3) is 4.32. The minimum Gasteiger partial charge on any atom is -0.497 e. The van der Waals surface area contributed by atoms with Gasteiger partial charge in [-0.15, -0.1) is 6.58 Å². The number of anilines is 1. The summed E-state index contributed by atoms with van der Waals surface area (Å²) in [6, 6.07) is 7.26. The van der Waals surface area contributed by atoms with E-state index in [-0.39, 0.29) is 6.03 Å². The zero-order valence-electron chi connectivity index (χ0n) is 17.3. The largest absolute Gasteiger partial charge is 0.497 e. The number of hydrogen-bond donors (Lipinski definition) is 1. The van der Waals surface area contributed by atoms with Crippen molar-refractivity contribution in [3.05, 3.63) is 48.2 Å². The Bertz CT molecular complexity index is 910. The third-order valence-corrected chi connectivity index (χ3v) is 5.36. The Labute approximate surface area is 176 Å². The summed E-state index contributed by atoms with van der Waals surface area (Å²) in [5.74, 6) is 2.64. The van der Waals surface area contributed by atoms with Crippen LogP contribution < -0.4 is 19.7 Å². The highest BCUT2D eigenvalue weighted by molar-refractivity contribution is 5.74. The van der Waals surface area contributed by atoms with Crippen molar-refractivity contribution in [2.75, 3.05) is 38.2 Å². The van der Waals surface area contributed by atoms with E-state index in [1.165, 1.54) is 0 Å². The van der Waals surface area contributed by atoms with Crippen molar-refractivity contribution in [3.8, 4) is 17.4 Å². The van der Waals surface area contributed by atoms with Crippen LogP contribution in [0.1, 0.15) is 24.1 Å². The molecule has 0 saturated carbocycles. The number of carbonyl (C=O) groups excluding carboxylic acids is 1. The molecule has 0 spiro atoms. The van der Waals surface area contributed by atoms with Gasteiger partial charge in [-0.2, -0.15) is 4.98 Å². The number of urea groups is 1. The van der Waals surface area contributed by atoms with Crippen LogP contribution in [0.2, 0.25) is 0 Å². The molecule has 8 nitrogen and oxygen atoms in total. The molecule has 0 aliphatic carbocycles. The summed E-state index contributed by atoms with van der Waals surface area (Å²) in [6.45, 7) is 7.00. The molecule has 2 aliphatic heterocycles. The minimum absolute atomic E-state index is 0.125. The molecule has 1 fully saturated rings. The van der Waals surface area contributed by atoms with Gasteiger partial charge in [-0.1, -0.05) is 6.08 Å². The lowest BCUT2D eigenvalue weighted by Crippen LogP contribution is -2.43. The normalized spacial score (nSPS) is 15.5. The number of fused-ring (bicyclic) bond motifs is 1. The van der Waals surface area contributed by atoms with Gasteiger partial charge in [0.15, 0.2) is 0 Å². The maximum Gasteiger partial charge on any atom is 0.317 e. The summed E-state index contributed by atoms with van der Waals surface area (Å²) in [4.78, 5) is 26.0. The van der Waals surface area contributed by atoms with E-state index in [0.29, 0.717) is 43.6 Å². The molecule has 158 valence electrons. The van der Waals surface area contributed by atoms with Crippen molar-refractivity contribution in [1.82, 2.24) is 20.2 Å². The van der Waals surface area contributed by atoms with Crippen molar-refractivity contribution >= 4 is 12.0 Å². The second-order valence-corrected chi connectivity index (χ2v) is 7.37. The van der Waals surface area contributed by atoms with Crippen LogP contribution in [0.15, 0.2) is 36.9 Å². The van der Waals surface area contributed by atoms with Gasteiger partial charge in [0.05, 0.1) is 24.9 Å². The number of methoxy groups -OCH3 is 1. The summed E-state index contributed by atoms with van der Waals surface area (Å²) in [5.41, 5.74) is 1.80. The van der Waals surface area contributed by atoms with Gasteiger partial charge in [0.1, 0.15) is 11.5 Å². The average molecular weight is 409 g/mol. The molecule has 1 saturated heterocycles. The van der Waals surface area contributed by atoms with Crippen LogP contribution in [0.3, 0.4) is 0 Å². The van der Waals surface area contributed by atoms with Crippen molar-refractivity contribution in [2.24, 2.45) is 0 Å². The quantitative estimate of drug-likeness (QED) is 0.739. The first kappa shape index (κ1) is 20.0. The molecule has 0 atom stereocenters. The van der Waals surface area contributed by atoms with Gasteiger partial charge in [-0.25, -0.2) is 9.78 Å². The molecule has 2 aliphatic rings. The molecule has 0 bridgehead atoms. The highest BCUT2D eigenvalue weighted by atomic mass is 16.5. The number of nitrogens with one attached hydrogen (secondary N) is 1. The molecule has 2 amide bonds. The topological polar surface area (TPSA) is 79.8 Å². The first-order valence-electron chi connectivity index (χ1n) is 10.3. The maximum absolute atomic E-state index is 12.4. The predicted molar refractivity (Wildman–Crippen MR) is 114 cm³/mol. The predicted octanol–water partition coefficient (Wildman–Crippen LogP) is 3.13. The van der Waals surface area contributed by atoms with Crippen LogP contribution >= 0.6 is 0 Å². The number of carbonyl (C=O) groups is 1. The highest BCUT2D eigenvalue weighted by Crippen LogP contribution is 2.32. The Hall–Kier alpha value is -3.29. The second kappa shape index (κ2) is 9.02. The number of rotatable bonds is 6. The Morgan fingerprint density at radius 3 is 2.60 bits per heavy atom. The number of hydrogen-bond acceptors (Lipinski definition) is 6. The van der Waals surface area contributed by atoms with Crippen LogP contribution in [-0.2, 0) is 13.0 Å². The Morgan fingerprint density at radius 2 is 1.90 bits per heavy atom. The molecule has 0 radical (unpaired) electrons. The van der Waals surface area contributed by atoms with Crippen LogP contribution in [0.5, 0.6) is 17.4 Å². The van der Waals surface area contributed by atoms with Gasteiger partial charge < -0.3 is 24.6 Å². The zero-order valence-corrected chi connectivity index (χ0v) is 17.3. The molecule has 1 aromatic carbocycles. The van der Waals surface area contributed by atoms with Gasteiger partial charge in [0, 0.05) is 32.6 Å². The summed E-state index contributed by atoms with van der Waals surface area (Å²) in [5, 5.41) is 2.84. The van der Waals surface area contributed by atoms with Gasteiger partial charge in [0.25, 0.3) is 0 Å². The first-order valence-corrected chi connectivity index (χ1v) is 10.3. The highest BCUT2D eigenvalue weighted by Gasteiger charge is 2.28. The number of ether oxygens (including phenoxy) is 2. The van der Waals surface area contributed by atoms with Crippen molar-refractivity contribution in [3.63, 3.8) is 0 Å². The summed E-state index contributed by atoms with van der Waals surface area (Å²) in [6.07, 6.45) is 4.62. The van der Waals surface area contributed by atoms with E-state index < -0.39 is 0 Å². The molecule has 8 heteroatoms. The van der Waals surface area contributed by atoms with Crippen molar-refractivity contribution in [2.45, 2.75) is 25.8 Å². The van der Waals surface area contributed by atoms with E-state index in [9.17, 15) is 4.79 Å². The fourth-order valence-electron chi connectivity index (χ4n) is 3.71. The fraction of sp³-hybridized carbons (Fsp3) is 0.409. The van der Waals surface area contributed by atoms with Gasteiger partial charge in [-0.3, -0.25) is 0 Å². The number of benzene rings is 1. The monoisotopic (exact) mass is 409 g/mol. The Kier molecular flexibility index (Phi) is 6.02. The molecule has 0 unspecified atom stereocenters. The number of nitrogens with zero attached hydrogens (tertiary/aromatic N) is 4. The first-order chi connectivity index (χ1) is 14.7. The minimum atomic E-state index is -0.125. The lowest BCUT2D eigenvalue weighted by molar-refractivity contribution is 0.192. The van der Waals surface area contributed by atoms with Crippen LogP contribution in [0.4, 0.5) is 10.7 Å². The van der Waals surface area contributed by atoms with Crippen molar-refractivity contribution in [1.29, 1.82) is 0 Å². The third-order valence-electron chi connectivity index (χ3n) is 5.36. The Morgan fingerprint density at radius 1 is 1.17 bits per heavy atom. The number of amides is 2. The molecular formula is C22H27N5O3. The maximum atomic E-state index is 12.4. The van der Waals surface area contributed by atoms with Crippen LogP contribution in [-0.4, -0.2) is 54.2 Å². The van der Waals surface area contributed by atoms with Gasteiger partial charge >= 0.3 is 6.03 Å². The molecule has 4 rings (SSSR count). The van der Waals surface area contributed by atoms with Gasteiger partial charge in [-0.05, 0) is 37.1 Å². The van der Waals surface area contributed by atoms with Crippen LogP contribution in [0.25, 0.3) is 0 Å². The fourth-order valence-corrected chi connectivity index (χ4v) is 3.71. The van der Waals surface area contributed by atoms with E-state index in [1.807, 2.05) is 24.3 Å². The SMILES string of the molecule is C=CCNC(=O)N1CCc2nc(N3CCCC3)nc(Oc3ccc(OC)cc3)c2C1. The molecule has 30 heavy (non-hydrogen) atoms. The smallest absolute Gasteiger partial charge is 0.317 e. The molecule has 1 aromatic heterocycles. The molecule has 2 aromatic rings. The Balaban J connectivity index is 1.64. The second-order valence-electron chi connectivity index (χ2n) is 7.37. The van der Waals surface area contributed by atoms with E-state index in [4.69, 9.17) is 19.4 Å². The molecule has 3 heterocycles. The summed E-state index contributed by atoms with van der Waals surface area (Å²) in [7, 11) is 1.63. The lowest BCUT2D eigenvalue weighted by Gasteiger charge is -2.30. The molecular weight excluding hydrogens is 382 g/mol. The van der Waals surface area contributed by atoms with Crippen molar-refractivity contribution < 1.29 is 14.3 Å². The number of aromatic nitrogens is 2. The van der Waals surface area contributed by atoms with E-state index in [2.05, 4.69) is 16.8 Å². The average Bonchev–Trinajstić information content (AvgIpc) is 3.32. The lowest BCUT2D eigenvalue weighted by atomic mass is 10.1. The molecule has 1 N–H and O–H groups in total. The zero-order chi connectivity index (χ0) is 20.9. The van der Waals surface area contributed by atoms with E-state index in [0.717, 1.165) is 42.9 Å². The van der Waals surface area contributed by atoms with Gasteiger partial charge in [0.2, 0.25) is 11.8 Å².